The van der Waals surface area contributed by atoms with Gasteiger partial charge in [0.15, 0.2) is 5.76 Å². The molecule has 104 valence electrons. The predicted molar refractivity (Wildman–Crippen MR) is 75.6 cm³/mol. The summed E-state index contributed by atoms with van der Waals surface area (Å²) >= 11 is 3.41. The molecule has 0 atom stereocenters. The Bertz CT molecular complexity index is 650. The van der Waals surface area contributed by atoms with Gasteiger partial charge in [0, 0.05) is 24.1 Å². The third-order valence-electron chi connectivity index (χ3n) is 2.77. The maximum absolute atomic E-state index is 12.1. The number of hydrogen-bond donors (Lipinski definition) is 1. The first-order chi connectivity index (χ1) is 9.49. The molecule has 1 amide bonds. The largest absolute Gasteiger partial charge is 0.478 e. The molecule has 0 aliphatic carbocycles. The molecule has 5 nitrogen and oxygen atoms in total. The third kappa shape index (κ3) is 3.08. The molecule has 6 heteroatoms. The highest BCUT2D eigenvalue weighted by Gasteiger charge is 2.18. The molecule has 0 saturated heterocycles. The summed E-state index contributed by atoms with van der Waals surface area (Å²) in [6.45, 7) is 0.392. The lowest BCUT2D eigenvalue weighted by molar-refractivity contribution is 0.0695. The molecule has 0 unspecified atom stereocenters. The van der Waals surface area contributed by atoms with Crippen LogP contribution in [0.2, 0.25) is 0 Å². The van der Waals surface area contributed by atoms with E-state index in [1.54, 1.807) is 7.05 Å². The lowest BCUT2D eigenvalue weighted by atomic mass is 10.2. The Morgan fingerprint density at radius 2 is 2.05 bits per heavy atom. The fraction of sp³-hybridized carbons (Fsp3) is 0.143. The molecule has 0 aliphatic rings. The van der Waals surface area contributed by atoms with E-state index in [1.165, 1.54) is 11.0 Å². The van der Waals surface area contributed by atoms with Gasteiger partial charge in [0.25, 0.3) is 5.91 Å². The Hall–Kier alpha value is -2.08. The molecule has 0 spiro atoms. The fourth-order valence-electron chi connectivity index (χ4n) is 1.70. The molecule has 0 radical (unpaired) electrons. The van der Waals surface area contributed by atoms with E-state index in [2.05, 4.69) is 15.9 Å². The number of carboxylic acids is 1. The first kappa shape index (κ1) is 14.3. The summed E-state index contributed by atoms with van der Waals surface area (Å²) in [6, 6.07) is 8.79. The second kappa shape index (κ2) is 5.92. The van der Waals surface area contributed by atoms with Gasteiger partial charge in [-0.05, 0) is 11.6 Å². The number of nitrogens with zero attached hydrogens (tertiary/aromatic N) is 1. The molecule has 2 rings (SSSR count). The van der Waals surface area contributed by atoms with Crippen LogP contribution < -0.4 is 0 Å². The Kier molecular flexibility index (Phi) is 4.24. The fourth-order valence-corrected chi connectivity index (χ4v) is 2.11. The monoisotopic (exact) mass is 337 g/mol. The van der Waals surface area contributed by atoms with E-state index in [4.69, 9.17) is 9.52 Å². The number of rotatable bonds is 4. The van der Waals surface area contributed by atoms with Crippen LogP contribution in [-0.4, -0.2) is 28.9 Å². The van der Waals surface area contributed by atoms with Crippen LogP contribution in [-0.2, 0) is 6.54 Å². The normalized spacial score (nSPS) is 10.3. The maximum atomic E-state index is 12.1. The third-order valence-corrected chi connectivity index (χ3v) is 3.54. The van der Waals surface area contributed by atoms with E-state index < -0.39 is 5.97 Å². The van der Waals surface area contributed by atoms with Gasteiger partial charge in [-0.1, -0.05) is 34.1 Å². The van der Waals surface area contributed by atoms with Crippen molar-refractivity contribution >= 4 is 27.8 Å². The van der Waals surface area contributed by atoms with Gasteiger partial charge in [-0.3, -0.25) is 4.79 Å². The summed E-state index contributed by atoms with van der Waals surface area (Å²) in [6.07, 6.45) is 1.06. The summed E-state index contributed by atoms with van der Waals surface area (Å²) < 4.78 is 5.90. The number of hydrogen-bond acceptors (Lipinski definition) is 3. The van der Waals surface area contributed by atoms with Crippen LogP contribution in [0.4, 0.5) is 0 Å². The lowest BCUT2D eigenvalue weighted by Gasteiger charge is -2.16. The number of halogens is 1. The quantitative estimate of drug-likeness (QED) is 0.930. The van der Waals surface area contributed by atoms with Crippen LogP contribution in [0, 0.1) is 0 Å². The number of furan rings is 1. The van der Waals surface area contributed by atoms with Gasteiger partial charge in [-0.15, -0.1) is 0 Å². The highest BCUT2D eigenvalue weighted by Crippen LogP contribution is 2.18. The number of carbonyl (C=O) groups excluding carboxylic acids is 1. The maximum Gasteiger partial charge on any atom is 0.338 e. The van der Waals surface area contributed by atoms with Crippen molar-refractivity contribution in [2.75, 3.05) is 7.05 Å². The second-order valence-electron chi connectivity index (χ2n) is 4.26. The van der Waals surface area contributed by atoms with Crippen LogP contribution in [0.25, 0.3) is 0 Å². The Balaban J connectivity index is 2.12. The second-order valence-corrected chi connectivity index (χ2v) is 5.11. The van der Waals surface area contributed by atoms with Crippen molar-refractivity contribution in [2.45, 2.75) is 6.54 Å². The van der Waals surface area contributed by atoms with Crippen molar-refractivity contribution in [3.8, 4) is 0 Å². The minimum absolute atomic E-state index is 0.0111. The average molecular weight is 338 g/mol. The first-order valence-corrected chi connectivity index (χ1v) is 6.59. The minimum atomic E-state index is -1.12. The Morgan fingerprint density at radius 1 is 1.35 bits per heavy atom. The van der Waals surface area contributed by atoms with Gasteiger partial charge < -0.3 is 14.4 Å². The Morgan fingerprint density at radius 3 is 2.65 bits per heavy atom. The molecule has 0 bridgehead atoms. The van der Waals surface area contributed by atoms with Crippen LogP contribution in [0.3, 0.4) is 0 Å². The molecule has 1 heterocycles. The van der Waals surface area contributed by atoms with E-state index in [-0.39, 0.29) is 17.2 Å². The van der Waals surface area contributed by atoms with Gasteiger partial charge in [-0.25, -0.2) is 4.79 Å². The molecule has 1 N–H and O–H groups in total. The van der Waals surface area contributed by atoms with E-state index in [0.717, 1.165) is 16.3 Å². The SMILES string of the molecule is CN(Cc1ccccc1Br)C(=O)c1cc(C(=O)O)co1. The summed E-state index contributed by atoms with van der Waals surface area (Å²) in [7, 11) is 1.63. The average Bonchev–Trinajstić information content (AvgIpc) is 2.90. The summed E-state index contributed by atoms with van der Waals surface area (Å²) in [5.74, 6) is -1.48. The van der Waals surface area contributed by atoms with E-state index in [1.807, 2.05) is 24.3 Å². The highest BCUT2D eigenvalue weighted by atomic mass is 79.9. The zero-order valence-corrected chi connectivity index (χ0v) is 12.3. The van der Waals surface area contributed by atoms with E-state index >= 15 is 0 Å². The topological polar surface area (TPSA) is 70.8 Å². The molecule has 1 aromatic heterocycles. The molecule has 0 aliphatic heterocycles. The molecule has 20 heavy (non-hydrogen) atoms. The van der Waals surface area contributed by atoms with Crippen molar-refractivity contribution in [3.63, 3.8) is 0 Å². The number of carbonyl (C=O) groups is 2. The number of benzene rings is 1. The minimum Gasteiger partial charge on any atom is -0.478 e. The van der Waals surface area contributed by atoms with Crippen molar-refractivity contribution in [1.82, 2.24) is 4.90 Å². The van der Waals surface area contributed by atoms with Crippen LogP contribution in [0.1, 0.15) is 26.5 Å². The van der Waals surface area contributed by atoms with Gasteiger partial charge in [0.2, 0.25) is 0 Å². The molecule has 1 aromatic carbocycles. The Labute approximate surface area is 123 Å². The molecular formula is C14H12BrNO4. The zero-order chi connectivity index (χ0) is 14.7. The smallest absolute Gasteiger partial charge is 0.338 e. The predicted octanol–water partition coefficient (Wildman–Crippen LogP) is 3.01. The first-order valence-electron chi connectivity index (χ1n) is 5.79. The number of amides is 1. The van der Waals surface area contributed by atoms with Crippen molar-refractivity contribution in [2.24, 2.45) is 0 Å². The van der Waals surface area contributed by atoms with Gasteiger partial charge in [-0.2, -0.15) is 0 Å². The lowest BCUT2D eigenvalue weighted by Crippen LogP contribution is -2.26. The van der Waals surface area contributed by atoms with Gasteiger partial charge in [0.1, 0.15) is 6.26 Å². The summed E-state index contributed by atoms with van der Waals surface area (Å²) in [4.78, 5) is 24.3. The van der Waals surface area contributed by atoms with Crippen molar-refractivity contribution in [3.05, 3.63) is 58.0 Å². The molecular weight excluding hydrogens is 326 g/mol. The van der Waals surface area contributed by atoms with E-state index in [0.29, 0.717) is 6.54 Å². The van der Waals surface area contributed by atoms with Gasteiger partial charge >= 0.3 is 5.97 Å². The van der Waals surface area contributed by atoms with Crippen LogP contribution >= 0.6 is 15.9 Å². The van der Waals surface area contributed by atoms with Crippen molar-refractivity contribution in [1.29, 1.82) is 0 Å². The number of aromatic carboxylic acids is 1. The summed E-state index contributed by atoms with van der Waals surface area (Å²) in [5, 5.41) is 8.80. The standard InChI is InChI=1S/C14H12BrNO4/c1-16(7-9-4-2-3-5-11(9)15)13(17)12-6-10(8-20-12)14(18)19/h2-6,8H,7H2,1H3,(H,18,19). The molecule has 0 saturated carbocycles. The number of carboxylic acid groups (broad SMARTS) is 1. The summed E-state index contributed by atoms with van der Waals surface area (Å²) in [5.41, 5.74) is 0.913. The molecule has 2 aromatic rings. The zero-order valence-electron chi connectivity index (χ0n) is 10.7. The van der Waals surface area contributed by atoms with Gasteiger partial charge in [0.05, 0.1) is 5.56 Å². The highest BCUT2D eigenvalue weighted by molar-refractivity contribution is 9.10. The van der Waals surface area contributed by atoms with E-state index in [9.17, 15) is 9.59 Å². The molecule has 0 fully saturated rings. The van der Waals surface area contributed by atoms with Crippen LogP contribution in [0.5, 0.6) is 0 Å². The van der Waals surface area contributed by atoms with Crippen LogP contribution in [0.15, 0.2) is 45.5 Å². The van der Waals surface area contributed by atoms with Crippen molar-refractivity contribution < 1.29 is 19.1 Å².